The van der Waals surface area contributed by atoms with E-state index < -0.39 is 29.3 Å². The van der Waals surface area contributed by atoms with Gasteiger partial charge in [-0.05, 0) is 38.5 Å². The molecule has 0 aliphatic carbocycles. The van der Waals surface area contributed by atoms with Gasteiger partial charge in [0, 0.05) is 10.9 Å². The van der Waals surface area contributed by atoms with Crippen LogP contribution in [-0.2, 0) is 10.3 Å². The summed E-state index contributed by atoms with van der Waals surface area (Å²) < 4.78 is 12.3. The number of rotatable bonds is 1. The summed E-state index contributed by atoms with van der Waals surface area (Å²) in [7, 11) is 1.54. The molecule has 0 unspecified atom stereocenters. The predicted molar refractivity (Wildman–Crippen MR) is 92.3 cm³/mol. The number of benzene rings is 1. The zero-order valence-corrected chi connectivity index (χ0v) is 14.4. The summed E-state index contributed by atoms with van der Waals surface area (Å²) in [4.78, 5) is 37.3. The summed E-state index contributed by atoms with van der Waals surface area (Å²) in [6.07, 6.45) is 1.57. The van der Waals surface area contributed by atoms with Crippen LogP contribution in [0.25, 0.3) is 16.5 Å². The summed E-state index contributed by atoms with van der Waals surface area (Å²) in [5.41, 5.74) is 1.35. The maximum absolute atomic E-state index is 13.1. The maximum Gasteiger partial charge on any atom is 0.319 e. The fourth-order valence-electron chi connectivity index (χ4n) is 3.83. The molecule has 0 N–H and O–H groups in total. The Kier molecular flexibility index (Phi) is 3.01. The van der Waals surface area contributed by atoms with Crippen molar-refractivity contribution in [2.24, 2.45) is 0 Å². The van der Waals surface area contributed by atoms with Gasteiger partial charge in [-0.3, -0.25) is 19.0 Å². The van der Waals surface area contributed by atoms with Crippen LogP contribution in [0.15, 0.2) is 23.0 Å². The minimum absolute atomic E-state index is 0.0446. The van der Waals surface area contributed by atoms with Crippen LogP contribution < -0.4 is 15.0 Å². The van der Waals surface area contributed by atoms with Crippen LogP contribution in [0.3, 0.4) is 0 Å². The van der Waals surface area contributed by atoms with Crippen LogP contribution in [0.4, 0.5) is 0 Å². The lowest BCUT2D eigenvalue weighted by molar-refractivity contribution is -0.133. The average Bonchev–Trinajstić information content (AvgIpc) is 2.51. The molecule has 2 aliphatic heterocycles. The van der Waals surface area contributed by atoms with E-state index in [9.17, 15) is 14.4 Å². The summed E-state index contributed by atoms with van der Waals surface area (Å²) in [6.45, 7) is 5.78. The highest BCUT2D eigenvalue weighted by molar-refractivity contribution is 6.15. The highest BCUT2D eigenvalue weighted by Crippen LogP contribution is 2.42. The van der Waals surface area contributed by atoms with Gasteiger partial charge in [0.15, 0.2) is 11.5 Å². The van der Waals surface area contributed by atoms with Gasteiger partial charge in [-0.1, -0.05) is 6.08 Å². The minimum Gasteiger partial charge on any atom is -0.497 e. The van der Waals surface area contributed by atoms with Gasteiger partial charge in [-0.2, -0.15) is 0 Å². The average molecular weight is 339 g/mol. The predicted octanol–water partition coefficient (Wildman–Crippen LogP) is 2.65. The molecule has 0 atom stereocenters. The molecule has 2 aromatic rings. The number of allylic oxidation sites excluding steroid dienone is 2. The lowest BCUT2D eigenvalue weighted by Crippen LogP contribution is -2.41. The van der Waals surface area contributed by atoms with Crippen molar-refractivity contribution in [3.05, 3.63) is 39.7 Å². The van der Waals surface area contributed by atoms with Gasteiger partial charge in [0.25, 0.3) is 5.56 Å². The van der Waals surface area contributed by atoms with Crippen molar-refractivity contribution in [1.82, 2.24) is 4.57 Å². The van der Waals surface area contributed by atoms with Gasteiger partial charge in [0.1, 0.15) is 17.7 Å². The Labute approximate surface area is 143 Å². The number of ether oxygens (including phenoxy) is 2. The summed E-state index contributed by atoms with van der Waals surface area (Å²) in [5.74, 6) is -0.545. The molecule has 2 aliphatic rings. The lowest BCUT2D eigenvalue weighted by atomic mass is 9.88. The Morgan fingerprint density at radius 2 is 1.92 bits per heavy atom. The summed E-state index contributed by atoms with van der Waals surface area (Å²) >= 11 is 0. The number of nitrogens with zero attached hydrogens (tertiary/aromatic N) is 1. The van der Waals surface area contributed by atoms with E-state index in [1.807, 2.05) is 32.9 Å². The topological polar surface area (TPSA) is 74.6 Å². The van der Waals surface area contributed by atoms with Crippen molar-refractivity contribution in [3.63, 3.8) is 0 Å². The second kappa shape index (κ2) is 4.81. The van der Waals surface area contributed by atoms with Crippen molar-refractivity contribution >= 4 is 28.2 Å². The van der Waals surface area contributed by atoms with Gasteiger partial charge in [-0.15, -0.1) is 0 Å². The number of aromatic nitrogens is 1. The first kappa shape index (κ1) is 15.6. The SMILES string of the molecule is COc1cc2c3c(c1)c1c(c(=O)n3C(C)(C)C=C2C)C(=O)CC(=O)O1. The number of carbonyl (C=O) groups excluding carboxylic acids is 2. The molecule has 4 rings (SSSR count). The van der Waals surface area contributed by atoms with Crippen LogP contribution in [-0.4, -0.2) is 23.4 Å². The van der Waals surface area contributed by atoms with Gasteiger partial charge < -0.3 is 9.47 Å². The molecule has 1 aromatic heterocycles. The molecule has 0 radical (unpaired) electrons. The second-order valence-electron chi connectivity index (χ2n) is 6.97. The number of carbonyl (C=O) groups is 2. The van der Waals surface area contributed by atoms with Crippen LogP contribution in [0, 0.1) is 0 Å². The first-order valence-corrected chi connectivity index (χ1v) is 7.99. The van der Waals surface area contributed by atoms with E-state index >= 15 is 0 Å². The third kappa shape index (κ3) is 2.00. The Bertz CT molecular complexity index is 1070. The number of Topliss-reactive ketones (excluding diaryl/α,β-unsaturated/α-hetero) is 1. The Balaban J connectivity index is 2.29. The number of fused-ring (bicyclic) bond motifs is 2. The number of pyridine rings is 1. The second-order valence-corrected chi connectivity index (χ2v) is 6.97. The normalized spacial score (nSPS) is 17.8. The summed E-state index contributed by atoms with van der Waals surface area (Å²) in [6, 6.07) is 3.55. The van der Waals surface area contributed by atoms with Gasteiger partial charge >= 0.3 is 5.97 Å². The van der Waals surface area contributed by atoms with Crippen LogP contribution in [0.1, 0.15) is 43.1 Å². The fourth-order valence-corrected chi connectivity index (χ4v) is 3.83. The van der Waals surface area contributed by atoms with Crippen molar-refractivity contribution in [2.45, 2.75) is 32.7 Å². The number of hydrogen-bond donors (Lipinski definition) is 0. The molecule has 25 heavy (non-hydrogen) atoms. The maximum atomic E-state index is 13.1. The molecule has 6 heteroatoms. The Hall–Kier alpha value is -2.89. The molecule has 0 fully saturated rings. The highest BCUT2D eigenvalue weighted by atomic mass is 16.5. The van der Waals surface area contributed by atoms with Crippen molar-refractivity contribution in [2.75, 3.05) is 7.11 Å². The third-order valence-corrected chi connectivity index (χ3v) is 4.80. The summed E-state index contributed by atoms with van der Waals surface area (Å²) in [5, 5.41) is 0.533. The molecule has 6 nitrogen and oxygen atoms in total. The first-order chi connectivity index (χ1) is 11.7. The van der Waals surface area contributed by atoms with Crippen LogP contribution >= 0.6 is 0 Å². The van der Waals surface area contributed by atoms with Crippen molar-refractivity contribution in [3.8, 4) is 11.5 Å². The Morgan fingerprint density at radius 3 is 2.60 bits per heavy atom. The minimum atomic E-state index is -0.649. The van der Waals surface area contributed by atoms with Crippen molar-refractivity contribution < 1.29 is 19.1 Å². The molecule has 0 saturated carbocycles. The molecule has 0 bridgehead atoms. The van der Waals surface area contributed by atoms with E-state index in [4.69, 9.17) is 9.47 Å². The monoisotopic (exact) mass is 339 g/mol. The lowest BCUT2D eigenvalue weighted by Gasteiger charge is -2.34. The standard InChI is InChI=1S/C19H17NO5/c1-9-8-19(2,3)20-16-11(9)5-10(24-4)6-12(16)17-15(18(20)23)13(21)7-14(22)25-17/h5-6,8H,7H2,1-4H3. The van der Waals surface area contributed by atoms with E-state index in [2.05, 4.69) is 0 Å². The number of methoxy groups -OCH3 is 1. The largest absolute Gasteiger partial charge is 0.497 e. The molecule has 128 valence electrons. The van der Waals surface area contributed by atoms with Gasteiger partial charge in [-0.25, -0.2) is 0 Å². The van der Waals surface area contributed by atoms with E-state index in [1.54, 1.807) is 17.7 Å². The third-order valence-electron chi connectivity index (χ3n) is 4.80. The molecule has 0 spiro atoms. The van der Waals surface area contributed by atoms with E-state index in [0.29, 0.717) is 16.7 Å². The number of esters is 1. The highest BCUT2D eigenvalue weighted by Gasteiger charge is 2.37. The van der Waals surface area contributed by atoms with Crippen LogP contribution in [0.2, 0.25) is 0 Å². The number of ketones is 1. The zero-order chi connectivity index (χ0) is 18.1. The molecule has 0 saturated heterocycles. The molecule has 0 amide bonds. The molecule has 1 aromatic carbocycles. The molecular formula is C19H17NO5. The van der Waals surface area contributed by atoms with Crippen molar-refractivity contribution in [1.29, 1.82) is 0 Å². The van der Waals surface area contributed by atoms with E-state index in [-0.39, 0.29) is 11.3 Å². The van der Waals surface area contributed by atoms with Gasteiger partial charge in [0.05, 0.1) is 18.2 Å². The van der Waals surface area contributed by atoms with Gasteiger partial charge in [0.2, 0.25) is 0 Å². The quantitative estimate of drug-likeness (QED) is 0.590. The zero-order valence-electron chi connectivity index (χ0n) is 14.4. The first-order valence-electron chi connectivity index (χ1n) is 7.99. The van der Waals surface area contributed by atoms with E-state index in [0.717, 1.165) is 11.1 Å². The fraction of sp³-hybridized carbons (Fsp3) is 0.316. The molecular weight excluding hydrogens is 322 g/mol. The smallest absolute Gasteiger partial charge is 0.319 e. The molecule has 3 heterocycles. The Morgan fingerprint density at radius 1 is 1.20 bits per heavy atom. The van der Waals surface area contributed by atoms with E-state index in [1.165, 1.54) is 0 Å². The van der Waals surface area contributed by atoms with Crippen LogP contribution in [0.5, 0.6) is 11.5 Å². The number of hydrogen-bond acceptors (Lipinski definition) is 5.